The van der Waals surface area contributed by atoms with Gasteiger partial charge in [0, 0.05) is 12.5 Å². The van der Waals surface area contributed by atoms with Crippen molar-refractivity contribution in [3.05, 3.63) is 0 Å². The predicted molar refractivity (Wildman–Crippen MR) is 42.1 cm³/mol. The Kier molecular flexibility index (Phi) is 1.56. The normalized spacial score (nSPS) is 34.0. The van der Waals surface area contributed by atoms with E-state index in [0.29, 0.717) is 12.5 Å². The molecule has 0 aliphatic carbocycles. The quantitative estimate of drug-likeness (QED) is 0.580. The summed E-state index contributed by atoms with van der Waals surface area (Å²) in [5.74, 6) is -0.256. The van der Waals surface area contributed by atoms with Gasteiger partial charge in [-0.1, -0.05) is 0 Å². The van der Waals surface area contributed by atoms with E-state index in [9.17, 15) is 9.59 Å². The molecule has 4 nitrogen and oxygen atoms in total. The molecular formula is C8H12N2O2. The molecule has 2 heterocycles. The Labute approximate surface area is 70.7 Å². The number of hydrogen-bond donors (Lipinski definition) is 1. The lowest BCUT2D eigenvalue weighted by Crippen LogP contribution is -2.43. The number of fused-ring (bicyclic) bond motifs is 1. The molecule has 0 bridgehead atoms. The van der Waals surface area contributed by atoms with Crippen molar-refractivity contribution in [3.8, 4) is 0 Å². The summed E-state index contributed by atoms with van der Waals surface area (Å²) in [6, 6.07) is -0.0139. The number of hydrogen-bond acceptors (Lipinski definition) is 2. The fraction of sp³-hybridized carbons (Fsp3) is 0.750. The molecule has 2 amide bonds. The van der Waals surface area contributed by atoms with Crippen LogP contribution in [0.1, 0.15) is 25.7 Å². The van der Waals surface area contributed by atoms with E-state index in [-0.39, 0.29) is 17.9 Å². The molecule has 4 heteroatoms. The minimum atomic E-state index is -0.354. The van der Waals surface area contributed by atoms with E-state index in [1.54, 1.807) is 4.90 Å². The van der Waals surface area contributed by atoms with Crippen LogP contribution in [0.2, 0.25) is 0 Å². The molecule has 0 aromatic carbocycles. The number of nitrogens with two attached hydrogens (primary N) is 1. The largest absolute Gasteiger partial charge is 0.368 e. The first-order chi connectivity index (χ1) is 5.70. The lowest BCUT2D eigenvalue weighted by molar-refractivity contribution is -0.135. The van der Waals surface area contributed by atoms with Gasteiger partial charge in [-0.2, -0.15) is 0 Å². The van der Waals surface area contributed by atoms with Gasteiger partial charge in [0.1, 0.15) is 6.04 Å². The zero-order chi connectivity index (χ0) is 8.72. The molecule has 2 N–H and O–H groups in total. The third-order valence-electron chi connectivity index (χ3n) is 2.81. The smallest absolute Gasteiger partial charge is 0.240 e. The average molecular weight is 168 g/mol. The van der Waals surface area contributed by atoms with Crippen molar-refractivity contribution in [1.29, 1.82) is 0 Å². The van der Waals surface area contributed by atoms with Gasteiger partial charge in [0.15, 0.2) is 0 Å². The van der Waals surface area contributed by atoms with Gasteiger partial charge in [-0.05, 0) is 19.3 Å². The Morgan fingerprint density at radius 1 is 1.42 bits per heavy atom. The Hall–Kier alpha value is -1.06. The van der Waals surface area contributed by atoms with Crippen LogP contribution in [-0.2, 0) is 9.59 Å². The van der Waals surface area contributed by atoms with E-state index < -0.39 is 0 Å². The Bertz CT molecular complexity index is 239. The Morgan fingerprint density at radius 3 is 2.83 bits per heavy atom. The second-order valence-corrected chi connectivity index (χ2v) is 3.49. The van der Waals surface area contributed by atoms with Crippen LogP contribution in [0.3, 0.4) is 0 Å². The van der Waals surface area contributed by atoms with Crippen LogP contribution in [0.5, 0.6) is 0 Å². The number of carbonyl (C=O) groups is 2. The molecule has 66 valence electrons. The molecule has 12 heavy (non-hydrogen) atoms. The van der Waals surface area contributed by atoms with Crippen LogP contribution in [0, 0.1) is 0 Å². The Morgan fingerprint density at radius 2 is 2.17 bits per heavy atom. The summed E-state index contributed by atoms with van der Waals surface area (Å²) >= 11 is 0. The molecule has 2 saturated heterocycles. The molecule has 2 rings (SSSR count). The van der Waals surface area contributed by atoms with E-state index in [1.165, 1.54) is 0 Å². The van der Waals surface area contributed by atoms with Gasteiger partial charge in [0.05, 0.1) is 0 Å². The fourth-order valence-electron chi connectivity index (χ4n) is 2.24. The number of amides is 2. The molecule has 0 spiro atoms. The van der Waals surface area contributed by atoms with Gasteiger partial charge in [-0.15, -0.1) is 0 Å². The first-order valence-corrected chi connectivity index (χ1v) is 4.30. The van der Waals surface area contributed by atoms with Crippen molar-refractivity contribution < 1.29 is 9.59 Å². The summed E-state index contributed by atoms with van der Waals surface area (Å²) in [5.41, 5.74) is 5.18. The summed E-state index contributed by atoms with van der Waals surface area (Å²) < 4.78 is 0. The average Bonchev–Trinajstić information content (AvgIpc) is 2.53. The van der Waals surface area contributed by atoms with Crippen LogP contribution in [-0.4, -0.2) is 28.8 Å². The third-order valence-corrected chi connectivity index (χ3v) is 2.81. The van der Waals surface area contributed by atoms with Crippen LogP contribution in [0.25, 0.3) is 0 Å². The van der Waals surface area contributed by atoms with E-state index in [0.717, 1.165) is 19.3 Å². The van der Waals surface area contributed by atoms with Gasteiger partial charge in [0.25, 0.3) is 0 Å². The highest BCUT2D eigenvalue weighted by Gasteiger charge is 2.43. The van der Waals surface area contributed by atoms with Crippen LogP contribution >= 0.6 is 0 Å². The molecule has 0 aromatic heterocycles. The number of rotatable bonds is 1. The van der Waals surface area contributed by atoms with Crippen molar-refractivity contribution in [2.75, 3.05) is 0 Å². The lowest BCUT2D eigenvalue weighted by Gasteiger charge is -2.21. The summed E-state index contributed by atoms with van der Waals surface area (Å²) in [7, 11) is 0. The molecule has 0 saturated carbocycles. The minimum absolute atomic E-state index is 0.0984. The monoisotopic (exact) mass is 168 g/mol. The molecule has 0 unspecified atom stereocenters. The predicted octanol–water partition coefficient (Wildman–Crippen LogP) is -0.375. The van der Waals surface area contributed by atoms with Gasteiger partial charge < -0.3 is 10.6 Å². The summed E-state index contributed by atoms with van der Waals surface area (Å²) in [4.78, 5) is 23.9. The highest BCUT2D eigenvalue weighted by Crippen LogP contribution is 2.32. The van der Waals surface area contributed by atoms with Gasteiger partial charge >= 0.3 is 0 Å². The molecular weight excluding hydrogens is 156 g/mol. The fourth-order valence-corrected chi connectivity index (χ4v) is 2.24. The zero-order valence-corrected chi connectivity index (χ0v) is 6.82. The first-order valence-electron chi connectivity index (χ1n) is 4.30. The number of primary amides is 1. The van der Waals surface area contributed by atoms with E-state index in [4.69, 9.17) is 5.73 Å². The maximum atomic E-state index is 11.3. The molecule has 2 atom stereocenters. The van der Waals surface area contributed by atoms with Crippen molar-refractivity contribution in [2.24, 2.45) is 5.73 Å². The van der Waals surface area contributed by atoms with E-state index in [2.05, 4.69) is 0 Å². The maximum Gasteiger partial charge on any atom is 0.240 e. The lowest BCUT2D eigenvalue weighted by atomic mass is 10.1. The third kappa shape index (κ3) is 0.906. The number of nitrogens with zero attached hydrogens (tertiary/aromatic N) is 1. The second-order valence-electron chi connectivity index (χ2n) is 3.49. The highest BCUT2D eigenvalue weighted by atomic mass is 16.2. The van der Waals surface area contributed by atoms with Crippen LogP contribution < -0.4 is 5.73 Å². The second kappa shape index (κ2) is 2.47. The van der Waals surface area contributed by atoms with Crippen molar-refractivity contribution >= 4 is 11.8 Å². The first kappa shape index (κ1) is 7.58. The topological polar surface area (TPSA) is 63.4 Å². The molecule has 0 aromatic rings. The molecule has 2 fully saturated rings. The standard InChI is InChI=1S/C8H12N2O2/c9-8(12)6-3-1-5-2-4-7(11)10(5)6/h5-6H,1-4H2,(H2,9,12)/t5-,6-/m1/s1. The van der Waals surface area contributed by atoms with Crippen LogP contribution in [0.4, 0.5) is 0 Å². The SMILES string of the molecule is NC(=O)[C@H]1CC[C@@H]2CCC(=O)N21. The zero-order valence-electron chi connectivity index (χ0n) is 6.82. The van der Waals surface area contributed by atoms with Crippen molar-refractivity contribution in [2.45, 2.75) is 37.8 Å². The summed E-state index contributed by atoms with van der Waals surface area (Å²) in [6.45, 7) is 0. The number of carbonyl (C=O) groups excluding carboxylic acids is 2. The summed E-state index contributed by atoms with van der Waals surface area (Å²) in [6.07, 6.45) is 3.20. The van der Waals surface area contributed by atoms with Gasteiger partial charge in [0.2, 0.25) is 11.8 Å². The molecule has 0 radical (unpaired) electrons. The van der Waals surface area contributed by atoms with Crippen molar-refractivity contribution in [3.63, 3.8) is 0 Å². The highest BCUT2D eigenvalue weighted by molar-refractivity contribution is 5.88. The van der Waals surface area contributed by atoms with Crippen LogP contribution in [0.15, 0.2) is 0 Å². The summed E-state index contributed by atoms with van der Waals surface area (Å²) in [5, 5.41) is 0. The van der Waals surface area contributed by atoms with E-state index in [1.807, 2.05) is 0 Å². The van der Waals surface area contributed by atoms with Crippen molar-refractivity contribution in [1.82, 2.24) is 4.90 Å². The van der Waals surface area contributed by atoms with E-state index >= 15 is 0 Å². The van der Waals surface area contributed by atoms with Gasteiger partial charge in [-0.25, -0.2) is 0 Å². The minimum Gasteiger partial charge on any atom is -0.368 e. The molecule has 2 aliphatic rings. The maximum absolute atomic E-state index is 11.3. The van der Waals surface area contributed by atoms with Gasteiger partial charge in [-0.3, -0.25) is 9.59 Å². The Balaban J connectivity index is 2.19. The molecule has 2 aliphatic heterocycles.